The van der Waals surface area contributed by atoms with E-state index < -0.39 is 0 Å². The van der Waals surface area contributed by atoms with E-state index in [-0.39, 0.29) is 23.1 Å². The van der Waals surface area contributed by atoms with Gasteiger partial charge in [-0.2, -0.15) is 0 Å². The van der Waals surface area contributed by atoms with E-state index in [1.165, 1.54) is 0 Å². The van der Waals surface area contributed by atoms with E-state index in [4.69, 9.17) is 4.42 Å². The standard InChI is InChI=1S/C27H36N6O2/c1-8-27(6,7)33-25(29-30-31-33)24(17(2)3)32(16-21-10-9-11-35-21)15-20-14-22-19(5)12-18(4)13-23(22)28-26(20)34/h9-14,17,24H,8,15-16H2,1-7H3,(H,28,34)/t24-/m0/s1. The van der Waals surface area contributed by atoms with Crippen molar-refractivity contribution in [3.8, 4) is 0 Å². The zero-order chi connectivity index (χ0) is 25.3. The smallest absolute Gasteiger partial charge is 0.252 e. The molecule has 0 aliphatic rings. The van der Waals surface area contributed by atoms with Crippen LogP contribution >= 0.6 is 0 Å². The van der Waals surface area contributed by atoms with E-state index in [0.717, 1.165) is 40.0 Å². The van der Waals surface area contributed by atoms with Crippen LogP contribution in [-0.2, 0) is 18.6 Å². The number of fused-ring (bicyclic) bond motifs is 1. The third kappa shape index (κ3) is 5.07. The minimum absolute atomic E-state index is 0.0806. The molecule has 186 valence electrons. The summed E-state index contributed by atoms with van der Waals surface area (Å²) in [5, 5.41) is 14.0. The summed E-state index contributed by atoms with van der Waals surface area (Å²) in [6.07, 6.45) is 2.56. The number of benzene rings is 1. The topological polar surface area (TPSA) is 92.8 Å². The number of pyridine rings is 1. The number of aryl methyl sites for hydroxylation is 2. The number of nitrogens with one attached hydrogen (secondary N) is 1. The molecule has 0 spiro atoms. The van der Waals surface area contributed by atoms with Crippen LogP contribution in [0, 0.1) is 19.8 Å². The Labute approximate surface area is 206 Å². The molecule has 0 bridgehead atoms. The van der Waals surface area contributed by atoms with E-state index >= 15 is 0 Å². The first kappa shape index (κ1) is 24.9. The fourth-order valence-corrected chi connectivity index (χ4v) is 4.75. The summed E-state index contributed by atoms with van der Waals surface area (Å²) < 4.78 is 7.65. The van der Waals surface area contributed by atoms with Crippen molar-refractivity contribution in [2.75, 3.05) is 0 Å². The van der Waals surface area contributed by atoms with Crippen molar-refractivity contribution < 1.29 is 4.42 Å². The van der Waals surface area contributed by atoms with Gasteiger partial charge in [-0.25, -0.2) is 4.68 Å². The molecule has 1 N–H and O–H groups in total. The van der Waals surface area contributed by atoms with Gasteiger partial charge in [0.05, 0.1) is 24.4 Å². The summed E-state index contributed by atoms with van der Waals surface area (Å²) in [5.74, 6) is 1.81. The zero-order valence-corrected chi connectivity index (χ0v) is 21.8. The summed E-state index contributed by atoms with van der Waals surface area (Å²) in [6.45, 7) is 15.8. The average Bonchev–Trinajstić information content (AvgIpc) is 3.47. The summed E-state index contributed by atoms with van der Waals surface area (Å²) in [4.78, 5) is 18.5. The fourth-order valence-electron chi connectivity index (χ4n) is 4.75. The number of furan rings is 1. The van der Waals surface area contributed by atoms with Crippen LogP contribution in [0.4, 0.5) is 0 Å². The predicted molar refractivity (Wildman–Crippen MR) is 137 cm³/mol. The molecule has 8 nitrogen and oxygen atoms in total. The highest BCUT2D eigenvalue weighted by Crippen LogP contribution is 2.33. The van der Waals surface area contributed by atoms with Crippen molar-refractivity contribution >= 4 is 10.9 Å². The fraction of sp³-hybridized carbons (Fsp3) is 0.481. The first-order valence-electron chi connectivity index (χ1n) is 12.3. The SMILES string of the molecule is CCC(C)(C)n1nnnc1[C@H](C(C)C)N(Cc1ccco1)Cc1cc2c(C)cc(C)cc2[nH]c1=O. The van der Waals surface area contributed by atoms with Crippen molar-refractivity contribution in [2.24, 2.45) is 5.92 Å². The second kappa shape index (κ2) is 9.77. The maximum absolute atomic E-state index is 13.2. The summed E-state index contributed by atoms with van der Waals surface area (Å²) in [7, 11) is 0. The second-order valence-electron chi connectivity index (χ2n) is 10.5. The van der Waals surface area contributed by atoms with E-state index in [1.807, 2.05) is 35.9 Å². The molecule has 3 heterocycles. The van der Waals surface area contributed by atoms with Gasteiger partial charge in [0, 0.05) is 23.0 Å². The molecular weight excluding hydrogens is 440 g/mol. The maximum Gasteiger partial charge on any atom is 0.252 e. The van der Waals surface area contributed by atoms with Gasteiger partial charge in [0.2, 0.25) is 0 Å². The molecule has 0 saturated carbocycles. The maximum atomic E-state index is 13.2. The number of hydrogen-bond donors (Lipinski definition) is 1. The van der Waals surface area contributed by atoms with Crippen LogP contribution in [0.2, 0.25) is 0 Å². The van der Waals surface area contributed by atoms with Crippen LogP contribution in [0.5, 0.6) is 0 Å². The van der Waals surface area contributed by atoms with Crippen LogP contribution in [-0.4, -0.2) is 30.1 Å². The van der Waals surface area contributed by atoms with Crippen molar-refractivity contribution in [1.29, 1.82) is 0 Å². The highest BCUT2D eigenvalue weighted by Gasteiger charge is 2.34. The van der Waals surface area contributed by atoms with Gasteiger partial charge >= 0.3 is 0 Å². The molecule has 4 aromatic rings. The van der Waals surface area contributed by atoms with Gasteiger partial charge in [-0.3, -0.25) is 9.69 Å². The largest absolute Gasteiger partial charge is 0.468 e. The van der Waals surface area contributed by atoms with Crippen LogP contribution in [0.1, 0.15) is 75.4 Å². The molecule has 0 fully saturated rings. The van der Waals surface area contributed by atoms with Gasteiger partial charge in [-0.1, -0.05) is 26.8 Å². The van der Waals surface area contributed by atoms with Gasteiger partial charge in [-0.15, -0.1) is 5.10 Å². The van der Waals surface area contributed by atoms with Crippen molar-refractivity contribution in [1.82, 2.24) is 30.1 Å². The number of hydrogen-bond acceptors (Lipinski definition) is 6. The molecule has 1 aromatic carbocycles. The highest BCUT2D eigenvalue weighted by atomic mass is 16.3. The van der Waals surface area contributed by atoms with Gasteiger partial charge in [-0.05, 0) is 85.9 Å². The first-order chi connectivity index (χ1) is 16.6. The first-order valence-corrected chi connectivity index (χ1v) is 12.3. The normalized spacial score (nSPS) is 13.3. The Morgan fingerprint density at radius 1 is 1.17 bits per heavy atom. The number of aromatic nitrogens is 5. The second-order valence-corrected chi connectivity index (χ2v) is 10.5. The summed E-state index contributed by atoms with van der Waals surface area (Å²) in [5.41, 5.74) is 3.52. The number of rotatable bonds is 9. The lowest BCUT2D eigenvalue weighted by atomic mass is 9.97. The molecular formula is C27H36N6O2. The van der Waals surface area contributed by atoms with Gasteiger partial charge < -0.3 is 9.40 Å². The molecule has 3 aromatic heterocycles. The molecule has 0 amide bonds. The van der Waals surface area contributed by atoms with Crippen LogP contribution < -0.4 is 5.56 Å². The van der Waals surface area contributed by atoms with E-state index in [0.29, 0.717) is 18.7 Å². The van der Waals surface area contributed by atoms with E-state index in [1.54, 1.807) is 6.26 Å². The molecule has 0 unspecified atom stereocenters. The predicted octanol–water partition coefficient (Wildman–Crippen LogP) is 5.27. The van der Waals surface area contributed by atoms with Gasteiger partial charge in [0.15, 0.2) is 5.82 Å². The summed E-state index contributed by atoms with van der Waals surface area (Å²) in [6, 6.07) is 9.90. The number of H-pyrrole nitrogens is 1. The molecule has 35 heavy (non-hydrogen) atoms. The lowest BCUT2D eigenvalue weighted by Gasteiger charge is -2.35. The Hall–Kier alpha value is -3.26. The van der Waals surface area contributed by atoms with Crippen molar-refractivity contribution in [3.05, 3.63) is 75.2 Å². The third-order valence-electron chi connectivity index (χ3n) is 6.92. The molecule has 4 rings (SSSR count). The molecule has 0 saturated heterocycles. The summed E-state index contributed by atoms with van der Waals surface area (Å²) >= 11 is 0. The molecule has 8 heteroatoms. The van der Waals surface area contributed by atoms with Crippen molar-refractivity contribution in [3.63, 3.8) is 0 Å². The van der Waals surface area contributed by atoms with Gasteiger partial charge in [0.1, 0.15) is 5.76 Å². The lowest BCUT2D eigenvalue weighted by Crippen LogP contribution is -2.38. The highest BCUT2D eigenvalue weighted by molar-refractivity contribution is 5.83. The molecule has 1 atom stereocenters. The Morgan fingerprint density at radius 2 is 1.94 bits per heavy atom. The number of aromatic amines is 1. The van der Waals surface area contributed by atoms with Crippen LogP contribution in [0.25, 0.3) is 10.9 Å². The Balaban J connectivity index is 1.81. The number of tetrazole rings is 1. The van der Waals surface area contributed by atoms with Crippen LogP contribution in [0.3, 0.4) is 0 Å². The Kier molecular flexibility index (Phi) is 6.94. The van der Waals surface area contributed by atoms with Crippen molar-refractivity contribution in [2.45, 2.75) is 79.6 Å². The third-order valence-corrected chi connectivity index (χ3v) is 6.92. The zero-order valence-electron chi connectivity index (χ0n) is 21.8. The minimum atomic E-state index is -0.238. The lowest BCUT2D eigenvalue weighted by molar-refractivity contribution is 0.109. The van der Waals surface area contributed by atoms with E-state index in [2.05, 4.69) is 73.0 Å². The molecule has 0 radical (unpaired) electrons. The minimum Gasteiger partial charge on any atom is -0.468 e. The van der Waals surface area contributed by atoms with E-state index in [9.17, 15) is 4.79 Å². The van der Waals surface area contributed by atoms with Gasteiger partial charge in [0.25, 0.3) is 5.56 Å². The number of nitrogens with zero attached hydrogens (tertiary/aromatic N) is 5. The molecule has 0 aliphatic heterocycles. The Bertz CT molecular complexity index is 1350. The quantitative estimate of drug-likeness (QED) is 0.354. The average molecular weight is 477 g/mol. The monoisotopic (exact) mass is 476 g/mol. The Morgan fingerprint density at radius 3 is 2.60 bits per heavy atom. The van der Waals surface area contributed by atoms with Crippen LogP contribution in [0.15, 0.2) is 45.8 Å². The molecule has 0 aliphatic carbocycles.